The molecule has 0 saturated carbocycles. The van der Waals surface area contributed by atoms with Crippen LogP contribution in [0.25, 0.3) is 0 Å². The maximum absolute atomic E-state index is 11.6. The van der Waals surface area contributed by atoms with E-state index in [0.29, 0.717) is 5.95 Å². The minimum Gasteiger partial charge on any atom is -0.376 e. The second-order valence-corrected chi connectivity index (χ2v) is 3.98. The molecule has 0 radical (unpaired) electrons. The van der Waals surface area contributed by atoms with Gasteiger partial charge in [-0.2, -0.15) is 0 Å². The van der Waals surface area contributed by atoms with E-state index in [-0.39, 0.29) is 10.7 Å². The topological polar surface area (TPSA) is 83.8 Å². The first-order chi connectivity index (χ1) is 7.16. The van der Waals surface area contributed by atoms with Crippen molar-refractivity contribution in [1.82, 2.24) is 9.97 Å². The van der Waals surface area contributed by atoms with Gasteiger partial charge in [-0.1, -0.05) is 0 Å². The van der Waals surface area contributed by atoms with Crippen molar-refractivity contribution in [3.8, 4) is 0 Å². The van der Waals surface area contributed by atoms with Crippen molar-refractivity contribution in [2.24, 2.45) is 5.73 Å². The first-order valence-corrected chi connectivity index (χ1v) is 5.26. The van der Waals surface area contributed by atoms with Crippen LogP contribution in [-0.2, 0) is 12.8 Å². The third kappa shape index (κ3) is 2.15. The lowest BCUT2D eigenvalue weighted by molar-refractivity contribution is 0.658. The van der Waals surface area contributed by atoms with E-state index in [0.717, 1.165) is 36.9 Å². The van der Waals surface area contributed by atoms with Crippen molar-refractivity contribution >= 4 is 23.3 Å². The Morgan fingerprint density at radius 1 is 1.47 bits per heavy atom. The van der Waals surface area contributed by atoms with E-state index in [1.165, 1.54) is 0 Å². The summed E-state index contributed by atoms with van der Waals surface area (Å²) in [7, 11) is 0. The Morgan fingerprint density at radius 3 is 2.93 bits per heavy atom. The molecule has 6 heteroatoms. The van der Waals surface area contributed by atoms with Crippen molar-refractivity contribution in [2.75, 3.05) is 5.32 Å². The molecule has 4 N–H and O–H groups in total. The van der Waals surface area contributed by atoms with E-state index in [1.54, 1.807) is 0 Å². The summed E-state index contributed by atoms with van der Waals surface area (Å²) >= 11 is 4.68. The van der Waals surface area contributed by atoms with Gasteiger partial charge in [0.2, 0.25) is 5.95 Å². The van der Waals surface area contributed by atoms with Crippen LogP contribution < -0.4 is 16.6 Å². The fourth-order valence-electron chi connectivity index (χ4n) is 1.78. The van der Waals surface area contributed by atoms with Gasteiger partial charge < -0.3 is 11.1 Å². The Morgan fingerprint density at radius 2 is 2.20 bits per heavy atom. The van der Waals surface area contributed by atoms with E-state index < -0.39 is 0 Å². The highest BCUT2D eigenvalue weighted by molar-refractivity contribution is 7.80. The van der Waals surface area contributed by atoms with Crippen molar-refractivity contribution in [2.45, 2.75) is 25.7 Å². The van der Waals surface area contributed by atoms with Gasteiger partial charge in [0.1, 0.15) is 0 Å². The number of aromatic amines is 1. The second-order valence-electron chi connectivity index (χ2n) is 3.54. The third-order valence-corrected chi connectivity index (χ3v) is 2.54. The Labute approximate surface area is 92.1 Å². The highest BCUT2D eigenvalue weighted by atomic mass is 32.1. The summed E-state index contributed by atoms with van der Waals surface area (Å²) in [6.45, 7) is 0. The van der Waals surface area contributed by atoms with Crippen LogP contribution in [0.3, 0.4) is 0 Å². The molecule has 80 valence electrons. The predicted molar refractivity (Wildman–Crippen MR) is 61.9 cm³/mol. The smallest absolute Gasteiger partial charge is 0.255 e. The largest absolute Gasteiger partial charge is 0.376 e. The molecule has 1 aliphatic carbocycles. The number of nitrogens with zero attached hydrogens (tertiary/aromatic N) is 1. The highest BCUT2D eigenvalue weighted by Crippen LogP contribution is 2.16. The van der Waals surface area contributed by atoms with Gasteiger partial charge in [-0.25, -0.2) is 4.98 Å². The van der Waals surface area contributed by atoms with E-state index in [4.69, 9.17) is 5.73 Å². The summed E-state index contributed by atoms with van der Waals surface area (Å²) in [5.74, 6) is 0.341. The van der Waals surface area contributed by atoms with E-state index >= 15 is 0 Å². The molecule has 0 bridgehead atoms. The number of hydrogen-bond acceptors (Lipinski definition) is 3. The lowest BCUT2D eigenvalue weighted by Gasteiger charge is -2.14. The molecular weight excluding hydrogens is 212 g/mol. The van der Waals surface area contributed by atoms with Gasteiger partial charge in [0.15, 0.2) is 5.11 Å². The average Bonchev–Trinajstić information content (AvgIpc) is 2.16. The number of rotatable bonds is 1. The number of nitrogens with two attached hydrogens (primary N) is 1. The molecule has 0 unspecified atom stereocenters. The summed E-state index contributed by atoms with van der Waals surface area (Å²) in [6.07, 6.45) is 3.80. The highest BCUT2D eigenvalue weighted by Gasteiger charge is 2.15. The van der Waals surface area contributed by atoms with Crippen molar-refractivity contribution in [3.05, 3.63) is 21.6 Å². The molecule has 0 aliphatic heterocycles. The van der Waals surface area contributed by atoms with Gasteiger partial charge in [0, 0.05) is 5.56 Å². The summed E-state index contributed by atoms with van der Waals surface area (Å²) < 4.78 is 0. The van der Waals surface area contributed by atoms with Crippen LogP contribution in [0, 0.1) is 0 Å². The molecule has 2 rings (SSSR count). The van der Waals surface area contributed by atoms with Crippen LogP contribution in [0.1, 0.15) is 24.1 Å². The van der Waals surface area contributed by atoms with E-state index in [2.05, 4.69) is 27.5 Å². The molecule has 1 aromatic rings. The Bertz CT molecular complexity index is 454. The number of H-pyrrole nitrogens is 1. The van der Waals surface area contributed by atoms with Crippen molar-refractivity contribution < 1.29 is 0 Å². The summed E-state index contributed by atoms with van der Waals surface area (Å²) in [5.41, 5.74) is 6.89. The minimum atomic E-state index is -0.0848. The molecule has 15 heavy (non-hydrogen) atoms. The number of hydrogen-bond donors (Lipinski definition) is 3. The number of anilines is 1. The maximum atomic E-state index is 11.6. The molecule has 0 aromatic carbocycles. The molecule has 0 atom stereocenters. The first kappa shape index (κ1) is 10.1. The van der Waals surface area contributed by atoms with Crippen LogP contribution in [-0.4, -0.2) is 15.1 Å². The Hall–Kier alpha value is -1.43. The zero-order valence-electron chi connectivity index (χ0n) is 8.17. The number of fused-ring (bicyclic) bond motifs is 1. The second kappa shape index (κ2) is 3.98. The Balaban J connectivity index is 2.40. The van der Waals surface area contributed by atoms with Crippen LogP contribution in [0.2, 0.25) is 0 Å². The van der Waals surface area contributed by atoms with Gasteiger partial charge in [0.05, 0.1) is 5.69 Å². The molecule has 5 nitrogen and oxygen atoms in total. The fourth-order valence-corrected chi connectivity index (χ4v) is 1.88. The molecular formula is C9H12N4OS. The summed E-state index contributed by atoms with van der Waals surface area (Å²) in [5, 5.41) is 2.74. The summed E-state index contributed by atoms with van der Waals surface area (Å²) in [6, 6.07) is 0. The normalized spacial score (nSPS) is 14.4. The number of aromatic nitrogens is 2. The van der Waals surface area contributed by atoms with Gasteiger partial charge in [0.25, 0.3) is 5.56 Å². The monoisotopic (exact) mass is 224 g/mol. The van der Waals surface area contributed by atoms with Gasteiger partial charge >= 0.3 is 0 Å². The van der Waals surface area contributed by atoms with Gasteiger partial charge in [-0.05, 0) is 37.9 Å². The van der Waals surface area contributed by atoms with E-state index in [1.807, 2.05) is 0 Å². The quantitative estimate of drug-likeness (QED) is 0.598. The summed E-state index contributed by atoms with van der Waals surface area (Å²) in [4.78, 5) is 18.5. The molecule has 1 aromatic heterocycles. The Kier molecular flexibility index (Phi) is 2.68. The molecule has 0 fully saturated rings. The van der Waals surface area contributed by atoms with Gasteiger partial charge in [-0.3, -0.25) is 9.78 Å². The lowest BCUT2D eigenvalue weighted by atomic mass is 9.97. The number of thiocarbonyl (C=S) groups is 1. The maximum Gasteiger partial charge on any atom is 0.255 e. The number of aryl methyl sites for hydroxylation is 1. The van der Waals surface area contributed by atoms with Crippen molar-refractivity contribution in [3.63, 3.8) is 0 Å². The molecule has 0 saturated heterocycles. The molecule has 0 amide bonds. The third-order valence-electron chi connectivity index (χ3n) is 2.43. The lowest BCUT2D eigenvalue weighted by Crippen LogP contribution is -2.26. The van der Waals surface area contributed by atoms with Crippen LogP contribution in [0.15, 0.2) is 4.79 Å². The zero-order chi connectivity index (χ0) is 10.8. The van der Waals surface area contributed by atoms with Crippen LogP contribution >= 0.6 is 12.2 Å². The van der Waals surface area contributed by atoms with E-state index in [9.17, 15) is 4.79 Å². The zero-order valence-corrected chi connectivity index (χ0v) is 8.99. The minimum absolute atomic E-state index is 0.0848. The van der Waals surface area contributed by atoms with Gasteiger partial charge in [-0.15, -0.1) is 0 Å². The SMILES string of the molecule is NC(=S)Nc1nc2c(c(=O)[nH]1)CCCC2. The first-order valence-electron chi connectivity index (χ1n) is 4.85. The predicted octanol–water partition coefficient (Wildman–Crippen LogP) is 0.304. The molecule has 0 spiro atoms. The standard InChI is InChI=1S/C9H12N4OS/c10-8(15)13-9-11-6-4-2-1-3-5(6)7(14)12-9/h1-4H2,(H4,10,11,12,13,14,15). The molecule has 1 aliphatic rings. The number of nitrogens with one attached hydrogen (secondary N) is 2. The molecule has 1 heterocycles. The van der Waals surface area contributed by atoms with Crippen LogP contribution in [0.5, 0.6) is 0 Å². The van der Waals surface area contributed by atoms with Crippen molar-refractivity contribution in [1.29, 1.82) is 0 Å². The fraction of sp³-hybridized carbons (Fsp3) is 0.444. The van der Waals surface area contributed by atoms with Crippen LogP contribution in [0.4, 0.5) is 5.95 Å². The average molecular weight is 224 g/mol.